The number of nitrogens with zero attached hydrogens (tertiary/aromatic N) is 3. The number of hydrogen-bond donors (Lipinski definition) is 1. The van der Waals surface area contributed by atoms with Crippen LogP contribution in [0.15, 0.2) is 60.8 Å². The first-order chi connectivity index (χ1) is 15.0. The number of benzene rings is 2. The van der Waals surface area contributed by atoms with Gasteiger partial charge in [-0.1, -0.05) is 48.5 Å². The number of amides is 1. The van der Waals surface area contributed by atoms with Crippen LogP contribution in [0.4, 0.5) is 5.82 Å². The van der Waals surface area contributed by atoms with Crippen LogP contribution in [0.25, 0.3) is 33.4 Å². The van der Waals surface area contributed by atoms with Crippen molar-refractivity contribution >= 4 is 28.6 Å². The summed E-state index contributed by atoms with van der Waals surface area (Å²) in [6, 6.07) is 17.5. The Balaban J connectivity index is 2.04. The van der Waals surface area contributed by atoms with Gasteiger partial charge in [-0.2, -0.15) is 0 Å². The second kappa shape index (κ2) is 8.39. The van der Waals surface area contributed by atoms with Crippen LogP contribution >= 0.6 is 0 Å². The van der Waals surface area contributed by atoms with Crippen molar-refractivity contribution in [3.63, 3.8) is 0 Å². The predicted octanol–water partition coefficient (Wildman–Crippen LogP) is 4.44. The summed E-state index contributed by atoms with van der Waals surface area (Å²) >= 11 is 0. The van der Waals surface area contributed by atoms with Crippen LogP contribution in [0.1, 0.15) is 24.3 Å². The lowest BCUT2D eigenvalue weighted by Crippen LogP contribution is -2.17. The number of para-hydroxylation sites is 1. The first kappa shape index (κ1) is 20.3. The minimum absolute atomic E-state index is 0.0279. The molecule has 7 heteroatoms. The van der Waals surface area contributed by atoms with Crippen molar-refractivity contribution in [2.24, 2.45) is 7.05 Å². The fraction of sp³-hybridized carbons (Fsp3) is 0.167. The summed E-state index contributed by atoms with van der Waals surface area (Å²) in [5, 5.41) is 3.63. The zero-order chi connectivity index (χ0) is 22.0. The summed E-state index contributed by atoms with van der Waals surface area (Å²) in [4.78, 5) is 33.8. The van der Waals surface area contributed by atoms with E-state index in [1.165, 1.54) is 6.92 Å². The van der Waals surface area contributed by atoms with E-state index in [1.54, 1.807) is 6.92 Å². The Bertz CT molecular complexity index is 1280. The predicted molar refractivity (Wildman–Crippen MR) is 120 cm³/mol. The van der Waals surface area contributed by atoms with Crippen molar-refractivity contribution in [3.8, 4) is 22.5 Å². The molecule has 2 aromatic carbocycles. The number of hydrogen-bond acceptors (Lipinski definition) is 5. The van der Waals surface area contributed by atoms with Crippen LogP contribution in [0.2, 0.25) is 0 Å². The molecule has 4 rings (SSSR count). The summed E-state index contributed by atoms with van der Waals surface area (Å²) in [6.07, 6.45) is 1.97. The summed E-state index contributed by atoms with van der Waals surface area (Å²) < 4.78 is 7.18. The number of esters is 1. The zero-order valence-corrected chi connectivity index (χ0v) is 17.5. The number of nitrogens with one attached hydrogen (secondary N) is 1. The number of carbonyl (C=O) groups is 2. The molecule has 4 aromatic rings. The normalized spacial score (nSPS) is 10.8. The summed E-state index contributed by atoms with van der Waals surface area (Å²) in [5.74, 6) is -0.912. The number of rotatable bonds is 5. The maximum Gasteiger partial charge on any atom is 0.360 e. The molecule has 0 spiro atoms. The minimum atomic E-state index is -0.639. The van der Waals surface area contributed by atoms with E-state index in [9.17, 15) is 9.59 Å². The first-order valence-corrected chi connectivity index (χ1v) is 9.96. The quantitative estimate of drug-likeness (QED) is 0.488. The Morgan fingerprint density at radius 1 is 1.00 bits per heavy atom. The Morgan fingerprint density at radius 3 is 2.42 bits per heavy atom. The number of carbonyl (C=O) groups excluding carboxylic acids is 2. The van der Waals surface area contributed by atoms with Gasteiger partial charge in [0, 0.05) is 42.2 Å². The van der Waals surface area contributed by atoms with Gasteiger partial charge in [0.25, 0.3) is 0 Å². The molecule has 156 valence electrons. The van der Waals surface area contributed by atoms with E-state index in [0.29, 0.717) is 11.4 Å². The highest BCUT2D eigenvalue weighted by molar-refractivity contribution is 6.02. The van der Waals surface area contributed by atoms with Gasteiger partial charge < -0.3 is 14.6 Å². The molecule has 0 atom stereocenters. The van der Waals surface area contributed by atoms with Crippen LogP contribution in [-0.2, 0) is 16.6 Å². The largest absolute Gasteiger partial charge is 0.461 e. The molecular formula is C24H22N4O3. The number of fused-ring (bicyclic) bond motifs is 1. The highest BCUT2D eigenvalue weighted by Crippen LogP contribution is 2.36. The van der Waals surface area contributed by atoms with E-state index in [-0.39, 0.29) is 24.0 Å². The van der Waals surface area contributed by atoms with Gasteiger partial charge in [-0.15, -0.1) is 0 Å². The Hall–Kier alpha value is -4.00. The van der Waals surface area contributed by atoms with Gasteiger partial charge in [-0.25, -0.2) is 14.8 Å². The fourth-order valence-corrected chi connectivity index (χ4v) is 3.55. The second-order valence-corrected chi connectivity index (χ2v) is 7.06. The van der Waals surface area contributed by atoms with Gasteiger partial charge in [-0.05, 0) is 13.0 Å². The molecular weight excluding hydrogens is 392 g/mol. The molecule has 0 saturated carbocycles. The van der Waals surface area contributed by atoms with Gasteiger partial charge >= 0.3 is 5.97 Å². The van der Waals surface area contributed by atoms with Crippen molar-refractivity contribution < 1.29 is 14.3 Å². The van der Waals surface area contributed by atoms with Crippen LogP contribution in [-0.4, -0.2) is 33.0 Å². The third kappa shape index (κ3) is 3.90. The lowest BCUT2D eigenvalue weighted by Gasteiger charge is -2.14. The second-order valence-electron chi connectivity index (χ2n) is 7.06. The van der Waals surface area contributed by atoms with Gasteiger partial charge in [0.15, 0.2) is 11.5 Å². The molecule has 0 unspecified atom stereocenters. The van der Waals surface area contributed by atoms with Crippen LogP contribution in [0.3, 0.4) is 0 Å². The van der Waals surface area contributed by atoms with E-state index >= 15 is 0 Å². The molecule has 0 aliphatic carbocycles. The lowest BCUT2D eigenvalue weighted by atomic mass is 10.0. The molecule has 2 heterocycles. The van der Waals surface area contributed by atoms with Crippen LogP contribution in [0, 0.1) is 0 Å². The van der Waals surface area contributed by atoms with Gasteiger partial charge in [0.1, 0.15) is 5.69 Å². The van der Waals surface area contributed by atoms with E-state index < -0.39 is 5.97 Å². The topological polar surface area (TPSA) is 86.1 Å². The van der Waals surface area contributed by atoms with E-state index in [0.717, 1.165) is 22.0 Å². The SMILES string of the molecule is CCOC(=O)c1nc(-c2ccccc2)c(-c2cn(C)c3ccccc23)nc1NC(C)=O. The Kier molecular flexibility index (Phi) is 5.49. The first-order valence-electron chi connectivity index (χ1n) is 9.96. The van der Waals surface area contributed by atoms with E-state index in [2.05, 4.69) is 10.3 Å². The molecule has 0 aliphatic rings. The molecule has 7 nitrogen and oxygen atoms in total. The maximum atomic E-state index is 12.6. The van der Waals surface area contributed by atoms with Crippen molar-refractivity contribution in [1.82, 2.24) is 14.5 Å². The molecule has 31 heavy (non-hydrogen) atoms. The van der Waals surface area contributed by atoms with E-state index in [1.807, 2.05) is 72.4 Å². The molecule has 1 amide bonds. The van der Waals surface area contributed by atoms with Crippen LogP contribution in [0.5, 0.6) is 0 Å². The summed E-state index contributed by atoms with van der Waals surface area (Å²) in [7, 11) is 1.96. The van der Waals surface area contributed by atoms with Crippen molar-refractivity contribution in [3.05, 3.63) is 66.5 Å². The number of anilines is 1. The average Bonchev–Trinajstić information content (AvgIpc) is 3.10. The summed E-state index contributed by atoms with van der Waals surface area (Å²) in [6.45, 7) is 3.26. The highest BCUT2D eigenvalue weighted by atomic mass is 16.5. The summed E-state index contributed by atoms with van der Waals surface area (Å²) in [5.41, 5.74) is 3.77. The lowest BCUT2D eigenvalue weighted by molar-refractivity contribution is -0.114. The molecule has 0 fully saturated rings. The molecule has 0 aliphatic heterocycles. The third-order valence-electron chi connectivity index (χ3n) is 4.86. The third-order valence-corrected chi connectivity index (χ3v) is 4.86. The van der Waals surface area contributed by atoms with Crippen LogP contribution < -0.4 is 5.32 Å². The highest BCUT2D eigenvalue weighted by Gasteiger charge is 2.24. The van der Waals surface area contributed by atoms with Crippen molar-refractivity contribution in [2.45, 2.75) is 13.8 Å². The van der Waals surface area contributed by atoms with Gasteiger partial charge in [-0.3, -0.25) is 4.79 Å². The molecule has 1 N–H and O–H groups in total. The molecule has 2 aromatic heterocycles. The molecule has 0 radical (unpaired) electrons. The van der Waals surface area contributed by atoms with Gasteiger partial charge in [0.2, 0.25) is 5.91 Å². The van der Waals surface area contributed by atoms with E-state index in [4.69, 9.17) is 9.72 Å². The smallest absolute Gasteiger partial charge is 0.360 e. The van der Waals surface area contributed by atoms with Crippen molar-refractivity contribution in [2.75, 3.05) is 11.9 Å². The fourth-order valence-electron chi connectivity index (χ4n) is 3.55. The molecule has 0 saturated heterocycles. The Morgan fingerprint density at radius 2 is 1.71 bits per heavy atom. The standard InChI is InChI=1S/C24H22N4O3/c1-4-31-24(30)22-23(25-15(2)29)27-21(20(26-22)16-10-6-5-7-11-16)18-14-28(3)19-13-9-8-12-17(18)19/h5-14H,4H2,1-3H3,(H,25,27,29). The number of aromatic nitrogens is 3. The van der Waals surface area contributed by atoms with Gasteiger partial charge in [0.05, 0.1) is 12.3 Å². The van der Waals surface area contributed by atoms with Crippen molar-refractivity contribution in [1.29, 1.82) is 0 Å². The maximum absolute atomic E-state index is 12.6. The zero-order valence-electron chi connectivity index (χ0n) is 17.5. The number of aryl methyl sites for hydroxylation is 1. The number of ether oxygens (including phenoxy) is 1. The Labute approximate surface area is 179 Å². The monoisotopic (exact) mass is 414 g/mol. The molecule has 0 bridgehead atoms. The average molecular weight is 414 g/mol. The minimum Gasteiger partial charge on any atom is -0.461 e.